The third-order valence-corrected chi connectivity index (χ3v) is 6.61. The summed E-state index contributed by atoms with van der Waals surface area (Å²) >= 11 is 6.55. The van der Waals surface area contributed by atoms with Gasteiger partial charge < -0.3 is 14.8 Å². The van der Waals surface area contributed by atoms with Gasteiger partial charge in [0.05, 0.1) is 23.9 Å². The molecule has 0 saturated heterocycles. The van der Waals surface area contributed by atoms with Gasteiger partial charge in [-0.25, -0.2) is 0 Å². The Hall–Kier alpha value is -3.91. The van der Waals surface area contributed by atoms with Crippen LogP contribution in [-0.4, -0.2) is 40.6 Å². The molecule has 0 aliphatic rings. The first kappa shape index (κ1) is 27.1. The molecular weight excluding hydrogens is 504 g/mol. The van der Waals surface area contributed by atoms with Crippen LogP contribution in [0.1, 0.15) is 48.1 Å². The molecule has 0 fully saturated rings. The number of aryl methyl sites for hydroxylation is 1. The van der Waals surface area contributed by atoms with Gasteiger partial charge in [0.25, 0.3) is 5.91 Å². The summed E-state index contributed by atoms with van der Waals surface area (Å²) < 4.78 is 13.3. The average molecular weight is 535 g/mol. The molecule has 38 heavy (non-hydrogen) atoms. The van der Waals surface area contributed by atoms with Crippen LogP contribution in [0.4, 0.5) is 0 Å². The number of halogens is 1. The average Bonchev–Trinajstić information content (AvgIpc) is 3.25. The second-order valence-corrected chi connectivity index (χ2v) is 10.5. The summed E-state index contributed by atoms with van der Waals surface area (Å²) in [5.41, 5.74) is 3.43. The molecular formula is C29H31ClN4O4. The largest absolute Gasteiger partial charge is 0.496 e. The van der Waals surface area contributed by atoms with E-state index in [2.05, 4.69) is 36.2 Å². The van der Waals surface area contributed by atoms with Gasteiger partial charge in [-0.05, 0) is 35.9 Å². The number of ketones is 1. The summed E-state index contributed by atoms with van der Waals surface area (Å²) in [7, 11) is 4.91. The third kappa shape index (κ3) is 5.81. The van der Waals surface area contributed by atoms with Crippen LogP contribution in [0.3, 0.4) is 0 Å². The maximum Gasteiger partial charge on any atom is 0.254 e. The molecule has 8 nitrogen and oxygen atoms in total. The minimum atomic E-state index is -0.281. The minimum Gasteiger partial charge on any atom is -0.496 e. The van der Waals surface area contributed by atoms with Crippen molar-refractivity contribution in [2.75, 3.05) is 14.2 Å². The lowest BCUT2D eigenvalue weighted by atomic mass is 9.92. The lowest BCUT2D eigenvalue weighted by Crippen LogP contribution is -2.18. The number of rotatable bonds is 8. The van der Waals surface area contributed by atoms with Gasteiger partial charge in [-0.3, -0.25) is 19.3 Å². The van der Waals surface area contributed by atoms with E-state index in [0.29, 0.717) is 44.3 Å². The number of hydrogen-bond donors (Lipinski definition) is 1. The fourth-order valence-electron chi connectivity index (χ4n) is 4.09. The molecule has 0 unspecified atom stereocenters. The van der Waals surface area contributed by atoms with Crippen molar-refractivity contribution in [2.24, 2.45) is 7.05 Å². The van der Waals surface area contributed by atoms with E-state index >= 15 is 0 Å². The summed E-state index contributed by atoms with van der Waals surface area (Å²) in [4.78, 5) is 29.6. The lowest BCUT2D eigenvalue weighted by Gasteiger charge is -2.13. The Balaban J connectivity index is 1.53. The van der Waals surface area contributed by atoms with Crippen LogP contribution in [0.25, 0.3) is 10.9 Å². The van der Waals surface area contributed by atoms with Crippen LogP contribution < -0.4 is 14.8 Å². The highest BCUT2D eigenvalue weighted by Gasteiger charge is 2.20. The van der Waals surface area contributed by atoms with Crippen LogP contribution in [0, 0.1) is 0 Å². The number of pyridine rings is 1. The molecule has 0 spiro atoms. The number of methoxy groups -OCH3 is 1. The number of aromatic nitrogens is 3. The molecule has 2 aromatic carbocycles. The second kappa shape index (κ2) is 10.8. The van der Waals surface area contributed by atoms with Crippen molar-refractivity contribution in [3.8, 4) is 17.2 Å². The monoisotopic (exact) mass is 534 g/mol. The molecule has 198 valence electrons. The summed E-state index contributed by atoms with van der Waals surface area (Å²) in [5.74, 6) is 1.18. The fraction of sp³-hybridized carbons (Fsp3) is 0.310. The molecule has 0 aliphatic carbocycles. The molecule has 2 heterocycles. The van der Waals surface area contributed by atoms with Crippen LogP contribution >= 0.6 is 11.6 Å². The number of Topliss-reactive ketones (excluding diaryl/α,β-unsaturated/α-hetero) is 1. The van der Waals surface area contributed by atoms with Gasteiger partial charge in [-0.2, -0.15) is 5.10 Å². The molecule has 1 N–H and O–H groups in total. The predicted octanol–water partition coefficient (Wildman–Crippen LogP) is 5.43. The normalized spacial score (nSPS) is 11.4. The molecule has 0 radical (unpaired) electrons. The van der Waals surface area contributed by atoms with Crippen molar-refractivity contribution < 1.29 is 19.1 Å². The first-order valence-corrected chi connectivity index (χ1v) is 12.6. The first-order valence-electron chi connectivity index (χ1n) is 12.2. The Morgan fingerprint density at radius 3 is 2.45 bits per heavy atom. The number of carbonyl (C=O) groups excluding carboxylic acids is 2. The van der Waals surface area contributed by atoms with E-state index in [9.17, 15) is 9.59 Å². The standard InChI is InChI=1S/C29H31ClN4O4/c1-29(2,3)27-13-18(34(5)33-27)12-19(35)11-17-7-8-20(14-23(17)30)38-25-9-10-32-24-16-26(37-6)22(15-21(24)25)28(36)31-4/h7-10,13-16H,11-12H2,1-6H3,(H,31,36). The maximum atomic E-state index is 12.9. The summed E-state index contributed by atoms with van der Waals surface area (Å²) in [6, 6.07) is 12.3. The van der Waals surface area contributed by atoms with Crippen LogP contribution in [0.2, 0.25) is 5.02 Å². The smallest absolute Gasteiger partial charge is 0.254 e. The SMILES string of the molecule is CNC(=O)c1cc2c(Oc3ccc(CC(=O)Cc4cc(C(C)(C)C)nn4C)c(Cl)c3)ccnc2cc1OC. The van der Waals surface area contributed by atoms with E-state index in [1.165, 1.54) is 7.11 Å². The van der Waals surface area contributed by atoms with E-state index in [-0.39, 0.29) is 29.9 Å². The lowest BCUT2D eigenvalue weighted by molar-refractivity contribution is -0.117. The number of benzene rings is 2. The topological polar surface area (TPSA) is 95.3 Å². The van der Waals surface area contributed by atoms with Crippen molar-refractivity contribution in [2.45, 2.75) is 39.0 Å². The molecule has 9 heteroatoms. The zero-order valence-electron chi connectivity index (χ0n) is 22.4. The van der Waals surface area contributed by atoms with Crippen LogP contribution in [0.5, 0.6) is 17.2 Å². The molecule has 0 atom stereocenters. The van der Waals surface area contributed by atoms with Gasteiger partial charge in [0.15, 0.2) is 0 Å². The number of carbonyl (C=O) groups is 2. The van der Waals surface area contributed by atoms with Crippen molar-refractivity contribution >= 4 is 34.2 Å². The highest BCUT2D eigenvalue weighted by atomic mass is 35.5. The number of fused-ring (bicyclic) bond motifs is 1. The molecule has 0 aliphatic heterocycles. The number of amides is 1. The van der Waals surface area contributed by atoms with Gasteiger partial charge in [0.1, 0.15) is 23.0 Å². The number of hydrogen-bond acceptors (Lipinski definition) is 6. The van der Waals surface area contributed by atoms with E-state index in [1.807, 2.05) is 13.1 Å². The summed E-state index contributed by atoms with van der Waals surface area (Å²) in [5, 5.41) is 8.24. The summed E-state index contributed by atoms with van der Waals surface area (Å²) in [6.45, 7) is 6.28. The minimum absolute atomic E-state index is 0.0415. The van der Waals surface area contributed by atoms with Gasteiger partial charge in [-0.15, -0.1) is 0 Å². The summed E-state index contributed by atoms with van der Waals surface area (Å²) in [6.07, 6.45) is 2.09. The molecule has 4 rings (SSSR count). The van der Waals surface area contributed by atoms with Gasteiger partial charge >= 0.3 is 0 Å². The number of nitrogens with zero attached hydrogens (tertiary/aromatic N) is 3. The van der Waals surface area contributed by atoms with Gasteiger partial charge in [-0.1, -0.05) is 38.4 Å². The maximum absolute atomic E-state index is 12.9. The van der Waals surface area contributed by atoms with E-state index in [0.717, 1.165) is 11.4 Å². The number of ether oxygens (including phenoxy) is 2. The van der Waals surface area contributed by atoms with Gasteiger partial charge in [0.2, 0.25) is 0 Å². The van der Waals surface area contributed by atoms with Crippen LogP contribution in [0.15, 0.2) is 48.7 Å². The van der Waals surface area contributed by atoms with E-state index in [4.69, 9.17) is 21.1 Å². The Labute approximate surface area is 226 Å². The highest BCUT2D eigenvalue weighted by molar-refractivity contribution is 6.31. The van der Waals surface area contributed by atoms with Crippen molar-refractivity contribution in [1.82, 2.24) is 20.1 Å². The molecule has 1 amide bonds. The molecule has 2 aromatic heterocycles. The van der Waals surface area contributed by atoms with Crippen LogP contribution in [-0.2, 0) is 30.1 Å². The fourth-order valence-corrected chi connectivity index (χ4v) is 4.33. The molecule has 0 saturated carbocycles. The van der Waals surface area contributed by atoms with Gasteiger partial charge in [0, 0.05) is 60.7 Å². The Morgan fingerprint density at radius 2 is 1.82 bits per heavy atom. The Morgan fingerprint density at radius 1 is 1.05 bits per heavy atom. The second-order valence-electron chi connectivity index (χ2n) is 10.1. The predicted molar refractivity (Wildman–Crippen MR) is 148 cm³/mol. The van der Waals surface area contributed by atoms with Crippen molar-refractivity contribution in [1.29, 1.82) is 0 Å². The molecule has 4 aromatic rings. The zero-order valence-corrected chi connectivity index (χ0v) is 23.1. The van der Waals surface area contributed by atoms with E-state index < -0.39 is 0 Å². The highest BCUT2D eigenvalue weighted by Crippen LogP contribution is 2.34. The third-order valence-electron chi connectivity index (χ3n) is 6.26. The van der Waals surface area contributed by atoms with Crippen molar-refractivity contribution in [3.63, 3.8) is 0 Å². The Kier molecular flexibility index (Phi) is 7.73. The van der Waals surface area contributed by atoms with Crippen molar-refractivity contribution in [3.05, 3.63) is 76.2 Å². The van der Waals surface area contributed by atoms with E-state index in [1.54, 1.807) is 54.3 Å². The first-order chi connectivity index (χ1) is 18.0. The Bertz CT molecular complexity index is 1520. The zero-order chi connectivity index (χ0) is 27.6. The number of nitrogens with one attached hydrogen (secondary N) is 1. The molecule has 0 bridgehead atoms. The quantitative estimate of drug-likeness (QED) is 0.324.